The van der Waals surface area contributed by atoms with Gasteiger partial charge in [-0.25, -0.2) is 8.78 Å². The second-order valence-electron chi connectivity index (χ2n) is 9.90. The molecule has 2 atom stereocenters. The fourth-order valence-corrected chi connectivity index (χ4v) is 5.92. The largest absolute Gasteiger partial charge is 0.496 e. The molecule has 2 aliphatic heterocycles. The number of alkyl halides is 3. The number of amides is 1. The lowest BCUT2D eigenvalue weighted by Gasteiger charge is -2.35. The minimum atomic E-state index is -4.51. The number of halogens is 6. The molecule has 0 spiro atoms. The van der Waals surface area contributed by atoms with E-state index < -0.39 is 34.3 Å². The van der Waals surface area contributed by atoms with E-state index in [0.717, 1.165) is 68.5 Å². The molecule has 5 rings (SSSR count). The molecule has 1 N–H and O–H groups in total. The lowest BCUT2D eigenvalue weighted by Crippen LogP contribution is -2.39. The maximum atomic E-state index is 14.1. The van der Waals surface area contributed by atoms with Gasteiger partial charge in [0, 0.05) is 36.5 Å². The molecule has 2 aromatic rings. The molecule has 1 aliphatic carbocycles. The Bertz CT molecular complexity index is 1160. The summed E-state index contributed by atoms with van der Waals surface area (Å²) in [5.74, 6) is -0.732. The van der Waals surface area contributed by atoms with E-state index in [4.69, 9.17) is 16.3 Å². The van der Waals surface area contributed by atoms with Crippen LogP contribution in [-0.4, -0.2) is 36.3 Å². The number of carbonyl (C=O) groups excluding carboxylic acids is 1. The minimum absolute atomic E-state index is 0.0497. The molecule has 4 nitrogen and oxygen atoms in total. The van der Waals surface area contributed by atoms with E-state index >= 15 is 0 Å². The topological polar surface area (TPSA) is 41.6 Å². The highest BCUT2D eigenvalue weighted by Gasteiger charge is 2.38. The first-order valence-electron chi connectivity index (χ1n) is 13.5. The van der Waals surface area contributed by atoms with Crippen molar-refractivity contribution in [3.8, 4) is 5.75 Å². The van der Waals surface area contributed by atoms with Crippen molar-refractivity contribution < 1.29 is 31.5 Å². The first-order chi connectivity index (χ1) is 19.0. The summed E-state index contributed by atoms with van der Waals surface area (Å²) in [7, 11) is 1.52. The summed E-state index contributed by atoms with van der Waals surface area (Å²) in [6, 6.07) is 5.20. The predicted octanol–water partition coefficient (Wildman–Crippen LogP) is 8.76. The van der Waals surface area contributed by atoms with E-state index in [1.165, 1.54) is 13.2 Å². The molecular formula is C29H36ClF5N2O2S. The van der Waals surface area contributed by atoms with Gasteiger partial charge in [0.1, 0.15) is 17.4 Å². The Labute approximate surface area is 242 Å². The molecule has 40 heavy (non-hydrogen) atoms. The molecule has 2 aromatic carbocycles. The van der Waals surface area contributed by atoms with Crippen LogP contribution in [0.2, 0.25) is 5.02 Å². The Kier molecular flexibility index (Phi) is 11.6. The van der Waals surface area contributed by atoms with Gasteiger partial charge in [-0.1, -0.05) is 43.8 Å². The van der Waals surface area contributed by atoms with Gasteiger partial charge in [0.15, 0.2) is 0 Å². The van der Waals surface area contributed by atoms with Gasteiger partial charge in [0.2, 0.25) is 0 Å². The molecule has 1 amide bonds. The van der Waals surface area contributed by atoms with E-state index in [1.807, 2.05) is 13.8 Å². The van der Waals surface area contributed by atoms with Crippen molar-refractivity contribution in [3.05, 3.63) is 63.2 Å². The summed E-state index contributed by atoms with van der Waals surface area (Å²) >= 11 is 6.79. The normalized spacial score (nSPS) is 20.1. The number of hydrogen-bond donors (Lipinski definition) is 1. The molecule has 222 valence electrons. The summed E-state index contributed by atoms with van der Waals surface area (Å²) < 4.78 is 74.0. The van der Waals surface area contributed by atoms with Gasteiger partial charge in [-0.2, -0.15) is 13.2 Å². The maximum Gasteiger partial charge on any atom is 0.416 e. The zero-order chi connectivity index (χ0) is 29.6. The monoisotopic (exact) mass is 606 g/mol. The number of fused-ring (bicyclic) bond motifs is 2. The first kappa shape index (κ1) is 32.5. The zero-order valence-electron chi connectivity index (χ0n) is 23.1. The number of benzene rings is 2. The van der Waals surface area contributed by atoms with Crippen LogP contribution >= 0.6 is 23.5 Å². The van der Waals surface area contributed by atoms with Gasteiger partial charge in [-0.15, -0.1) is 0 Å². The van der Waals surface area contributed by atoms with Gasteiger partial charge < -0.3 is 4.74 Å². The molecule has 3 fully saturated rings. The number of nitrogens with one attached hydrogen (secondary N) is 1. The number of carbonyl (C=O) groups is 1. The third-order valence-corrected chi connectivity index (χ3v) is 8.07. The fraction of sp³-hybridized carbons (Fsp3) is 0.552. The SMILES string of the molecule is CC.COc1cc(F)c(C(=O)NSC)cc1C1CC1.Fc1c(Cl)cc(C(F)(F)F)cc1CN1C2CCC[C@@H]1CC2. The van der Waals surface area contributed by atoms with E-state index in [0.29, 0.717) is 29.8 Å². The number of nitrogens with zero attached hydrogens (tertiary/aromatic N) is 1. The smallest absolute Gasteiger partial charge is 0.416 e. The second-order valence-corrected chi connectivity index (χ2v) is 10.9. The van der Waals surface area contributed by atoms with Crippen molar-refractivity contribution in [1.82, 2.24) is 9.62 Å². The van der Waals surface area contributed by atoms with E-state index in [-0.39, 0.29) is 17.7 Å². The Balaban J connectivity index is 0.000000212. The second kappa shape index (κ2) is 14.2. The summed E-state index contributed by atoms with van der Waals surface area (Å²) in [5.41, 5.74) is 0.184. The first-order valence-corrected chi connectivity index (χ1v) is 15.1. The number of ether oxygens (including phenoxy) is 1. The summed E-state index contributed by atoms with van der Waals surface area (Å²) in [6.07, 6.45) is 4.72. The molecule has 0 aromatic heterocycles. The van der Waals surface area contributed by atoms with Gasteiger partial charge in [0.05, 0.1) is 23.3 Å². The number of piperidine rings is 1. The molecule has 2 bridgehead atoms. The van der Waals surface area contributed by atoms with Crippen molar-refractivity contribution >= 4 is 29.5 Å². The number of hydrogen-bond acceptors (Lipinski definition) is 4. The predicted molar refractivity (Wildman–Crippen MR) is 150 cm³/mol. The molecular weight excluding hydrogens is 571 g/mol. The Morgan fingerprint density at radius 2 is 1.68 bits per heavy atom. The van der Waals surface area contributed by atoms with Crippen LogP contribution in [0.3, 0.4) is 0 Å². The third-order valence-electron chi connectivity index (χ3n) is 7.41. The summed E-state index contributed by atoms with van der Waals surface area (Å²) in [6.45, 7) is 4.21. The summed E-state index contributed by atoms with van der Waals surface area (Å²) in [5, 5.41) is -0.454. The highest BCUT2D eigenvalue weighted by molar-refractivity contribution is 7.97. The number of methoxy groups -OCH3 is 1. The Morgan fingerprint density at radius 3 is 2.20 bits per heavy atom. The van der Waals surface area contributed by atoms with Crippen LogP contribution in [0.5, 0.6) is 5.75 Å². The van der Waals surface area contributed by atoms with Crippen LogP contribution < -0.4 is 9.46 Å². The lowest BCUT2D eigenvalue weighted by molar-refractivity contribution is -0.137. The molecule has 3 aliphatic rings. The summed E-state index contributed by atoms with van der Waals surface area (Å²) in [4.78, 5) is 13.8. The third kappa shape index (κ3) is 7.82. The molecule has 0 radical (unpaired) electrons. The highest BCUT2D eigenvalue weighted by Crippen LogP contribution is 2.45. The Morgan fingerprint density at radius 1 is 1.05 bits per heavy atom. The van der Waals surface area contributed by atoms with Crippen molar-refractivity contribution in [2.24, 2.45) is 0 Å². The average molecular weight is 607 g/mol. The van der Waals surface area contributed by atoms with E-state index in [2.05, 4.69) is 9.62 Å². The minimum Gasteiger partial charge on any atom is -0.496 e. The van der Waals surface area contributed by atoms with Crippen molar-refractivity contribution in [2.45, 2.75) is 89.5 Å². The lowest BCUT2D eigenvalue weighted by atomic mass is 10.0. The quantitative estimate of drug-likeness (QED) is 0.264. The van der Waals surface area contributed by atoms with Crippen LogP contribution in [-0.2, 0) is 12.7 Å². The Hall–Kier alpha value is -2.04. The van der Waals surface area contributed by atoms with E-state index in [1.54, 1.807) is 12.3 Å². The average Bonchev–Trinajstić information content (AvgIpc) is 3.74. The van der Waals surface area contributed by atoms with Gasteiger partial charge in [0.25, 0.3) is 5.91 Å². The van der Waals surface area contributed by atoms with Crippen LogP contribution in [0.25, 0.3) is 0 Å². The van der Waals surface area contributed by atoms with Gasteiger partial charge in [-0.3, -0.25) is 14.4 Å². The molecule has 1 unspecified atom stereocenters. The van der Waals surface area contributed by atoms with Crippen LogP contribution in [0, 0.1) is 11.6 Å². The maximum absolute atomic E-state index is 14.1. The standard InChI is InChI=1S/C15H16ClF4N.C12H14FNO2S.C2H6/c16-13-7-10(15(18,19)20)6-9(14(13)17)8-21-11-2-1-3-12(21)5-4-11;1-16-11-6-10(13)9(12(15)14-17-2)5-8(11)7-3-4-7;1-2/h6-7,11-12H,1-5,8H2;5-7H,3-4H2,1-2H3,(H,14,15);1-2H3/t11-,12?;;/m1../s1. The van der Waals surface area contributed by atoms with Gasteiger partial charge in [-0.05, 0) is 68.2 Å². The molecule has 11 heteroatoms. The number of rotatable bonds is 6. The van der Waals surface area contributed by atoms with Gasteiger partial charge >= 0.3 is 6.18 Å². The van der Waals surface area contributed by atoms with Crippen molar-refractivity contribution in [1.29, 1.82) is 0 Å². The fourth-order valence-electron chi connectivity index (χ4n) is 5.39. The van der Waals surface area contributed by atoms with E-state index in [9.17, 15) is 26.7 Å². The van der Waals surface area contributed by atoms with Crippen molar-refractivity contribution in [2.75, 3.05) is 13.4 Å². The molecule has 1 saturated carbocycles. The highest BCUT2D eigenvalue weighted by atomic mass is 35.5. The van der Waals surface area contributed by atoms with Crippen molar-refractivity contribution in [3.63, 3.8) is 0 Å². The van der Waals surface area contributed by atoms with Crippen LogP contribution in [0.4, 0.5) is 22.0 Å². The van der Waals surface area contributed by atoms with Crippen LogP contribution in [0.15, 0.2) is 24.3 Å². The van der Waals surface area contributed by atoms with Crippen LogP contribution in [0.1, 0.15) is 91.8 Å². The molecule has 2 saturated heterocycles. The molecule has 2 heterocycles. The zero-order valence-corrected chi connectivity index (χ0v) is 24.7.